The number of nitrogens with zero attached hydrogens (tertiary/aromatic N) is 1. The molecular weight excluding hydrogens is 515 g/mol. The molecule has 0 spiro atoms. The second-order valence-corrected chi connectivity index (χ2v) is 10.1. The number of carbonyl (C=O) groups excluding carboxylic acids is 1. The fraction of sp³-hybridized carbons (Fsp3) is 0.156. The molecule has 1 N–H and O–H groups in total. The van der Waals surface area contributed by atoms with E-state index in [9.17, 15) is 9.18 Å². The lowest BCUT2D eigenvalue weighted by Crippen LogP contribution is -2.25. The van der Waals surface area contributed by atoms with Gasteiger partial charge in [-0.25, -0.2) is 4.39 Å². The van der Waals surface area contributed by atoms with E-state index < -0.39 is 0 Å². The first-order valence-corrected chi connectivity index (χ1v) is 13.1. The molecule has 1 unspecified atom stereocenters. The molecule has 0 saturated heterocycles. The van der Waals surface area contributed by atoms with E-state index in [1.807, 2.05) is 54.6 Å². The van der Waals surface area contributed by atoms with Crippen molar-refractivity contribution in [2.24, 2.45) is 0 Å². The van der Waals surface area contributed by atoms with Crippen molar-refractivity contribution in [2.75, 3.05) is 6.79 Å². The predicted molar refractivity (Wildman–Crippen MR) is 150 cm³/mol. The van der Waals surface area contributed by atoms with E-state index in [4.69, 9.17) is 21.1 Å². The van der Waals surface area contributed by atoms with E-state index in [1.165, 1.54) is 12.1 Å². The molecule has 196 valence electrons. The smallest absolute Gasteiger partial charge is 0.231 e. The van der Waals surface area contributed by atoms with Gasteiger partial charge in [-0.2, -0.15) is 0 Å². The van der Waals surface area contributed by atoms with Gasteiger partial charge < -0.3 is 19.4 Å². The number of amides is 1. The van der Waals surface area contributed by atoms with Gasteiger partial charge in [0.05, 0.1) is 0 Å². The first-order valence-electron chi connectivity index (χ1n) is 12.8. The van der Waals surface area contributed by atoms with E-state index in [-0.39, 0.29) is 30.9 Å². The van der Waals surface area contributed by atoms with Gasteiger partial charge in [-0.15, -0.1) is 0 Å². The Labute approximate surface area is 230 Å². The van der Waals surface area contributed by atoms with Crippen molar-refractivity contribution in [1.82, 2.24) is 9.88 Å². The fourth-order valence-corrected chi connectivity index (χ4v) is 5.31. The standard InChI is InChI=1S/C32H26ClFN2O3/c33-24-5-3-4-23(15-24)27(16-32(37)35-17-22-10-13-30-31(14-22)39-20-38-30)28-19-36(29-7-2-1-6-26(28)29)18-21-8-11-25(34)12-9-21/h1-15,19,27H,16-18,20H2,(H,35,37). The van der Waals surface area contributed by atoms with Crippen LogP contribution in [-0.2, 0) is 17.9 Å². The summed E-state index contributed by atoms with van der Waals surface area (Å²) < 4.78 is 26.5. The fourth-order valence-electron chi connectivity index (χ4n) is 5.11. The topological polar surface area (TPSA) is 52.5 Å². The SMILES string of the molecule is O=C(CC(c1cccc(Cl)c1)c1cn(Cc2ccc(F)cc2)c2ccccc12)NCc1ccc2c(c1)OCO2. The lowest BCUT2D eigenvalue weighted by molar-refractivity contribution is -0.121. The lowest BCUT2D eigenvalue weighted by Gasteiger charge is -2.18. The number of carbonyl (C=O) groups is 1. The molecule has 1 atom stereocenters. The summed E-state index contributed by atoms with van der Waals surface area (Å²) >= 11 is 6.39. The van der Waals surface area contributed by atoms with Crippen molar-refractivity contribution < 1.29 is 18.7 Å². The third kappa shape index (κ3) is 5.47. The first kappa shape index (κ1) is 25.0. The van der Waals surface area contributed by atoms with Crippen molar-refractivity contribution in [3.63, 3.8) is 0 Å². The van der Waals surface area contributed by atoms with Crippen LogP contribution < -0.4 is 14.8 Å². The monoisotopic (exact) mass is 540 g/mol. The average Bonchev–Trinajstić information content (AvgIpc) is 3.56. The number of hydrogen-bond acceptors (Lipinski definition) is 3. The summed E-state index contributed by atoms with van der Waals surface area (Å²) in [5.74, 6) is 0.841. The van der Waals surface area contributed by atoms with Crippen LogP contribution in [0.25, 0.3) is 10.9 Å². The molecule has 0 bridgehead atoms. The Kier molecular flexibility index (Phi) is 6.95. The third-order valence-corrected chi connectivity index (χ3v) is 7.26. The maximum atomic E-state index is 13.5. The van der Waals surface area contributed by atoms with Gasteiger partial charge in [0.1, 0.15) is 5.82 Å². The Morgan fingerprint density at radius 1 is 0.923 bits per heavy atom. The number of nitrogens with one attached hydrogen (secondary N) is 1. The number of halogens is 2. The quantitative estimate of drug-likeness (QED) is 0.229. The summed E-state index contributed by atoms with van der Waals surface area (Å²) in [7, 11) is 0. The zero-order chi connectivity index (χ0) is 26.8. The summed E-state index contributed by atoms with van der Waals surface area (Å²) in [4.78, 5) is 13.3. The van der Waals surface area contributed by atoms with Crippen LogP contribution in [0, 0.1) is 5.82 Å². The molecule has 7 heteroatoms. The van der Waals surface area contributed by atoms with Crippen molar-refractivity contribution >= 4 is 28.4 Å². The number of benzene rings is 4. The van der Waals surface area contributed by atoms with E-state index >= 15 is 0 Å². The minimum atomic E-state index is -0.260. The highest BCUT2D eigenvalue weighted by Crippen LogP contribution is 2.36. The first-order chi connectivity index (χ1) is 19.0. The molecule has 0 aliphatic carbocycles. The van der Waals surface area contributed by atoms with Crippen LogP contribution in [0.2, 0.25) is 5.02 Å². The van der Waals surface area contributed by atoms with Gasteiger partial charge in [0, 0.05) is 47.6 Å². The van der Waals surface area contributed by atoms with Gasteiger partial charge >= 0.3 is 0 Å². The molecule has 2 heterocycles. The molecule has 5 nitrogen and oxygen atoms in total. The van der Waals surface area contributed by atoms with Crippen molar-refractivity contribution in [3.8, 4) is 11.5 Å². The Bertz CT molecular complexity index is 1650. The van der Waals surface area contributed by atoms with E-state index in [2.05, 4.69) is 28.2 Å². The molecule has 0 radical (unpaired) electrons. The van der Waals surface area contributed by atoms with Crippen LogP contribution in [-0.4, -0.2) is 17.3 Å². The predicted octanol–water partition coefficient (Wildman–Crippen LogP) is 7.05. The molecule has 1 aliphatic rings. The molecule has 5 aromatic rings. The third-order valence-electron chi connectivity index (χ3n) is 7.03. The Morgan fingerprint density at radius 3 is 2.56 bits per heavy atom. The Hall–Kier alpha value is -4.29. The lowest BCUT2D eigenvalue weighted by atomic mass is 9.88. The van der Waals surface area contributed by atoms with Crippen LogP contribution in [0.1, 0.15) is 34.6 Å². The maximum absolute atomic E-state index is 13.5. The highest BCUT2D eigenvalue weighted by molar-refractivity contribution is 6.30. The van der Waals surface area contributed by atoms with Crippen LogP contribution in [0.3, 0.4) is 0 Å². The summed E-state index contributed by atoms with van der Waals surface area (Å²) in [6.07, 6.45) is 2.35. The minimum absolute atomic E-state index is 0.0759. The Balaban J connectivity index is 1.30. The number of para-hydroxylation sites is 1. The zero-order valence-corrected chi connectivity index (χ0v) is 21.8. The summed E-state index contributed by atoms with van der Waals surface area (Å²) in [5.41, 5.74) is 4.97. The molecule has 39 heavy (non-hydrogen) atoms. The molecule has 0 saturated carbocycles. The van der Waals surface area contributed by atoms with Gasteiger partial charge in [0.15, 0.2) is 11.5 Å². The number of hydrogen-bond donors (Lipinski definition) is 1. The van der Waals surface area contributed by atoms with E-state index in [0.29, 0.717) is 29.6 Å². The second-order valence-electron chi connectivity index (χ2n) is 9.63. The normalized spacial score (nSPS) is 13.0. The molecule has 1 aliphatic heterocycles. The van der Waals surface area contributed by atoms with Gasteiger partial charge in [-0.1, -0.05) is 60.1 Å². The molecule has 0 fully saturated rings. The number of rotatable bonds is 8. The maximum Gasteiger partial charge on any atom is 0.231 e. The van der Waals surface area contributed by atoms with Crippen LogP contribution in [0.5, 0.6) is 11.5 Å². The molecule has 1 amide bonds. The minimum Gasteiger partial charge on any atom is -0.454 e. The van der Waals surface area contributed by atoms with Crippen LogP contribution in [0.15, 0.2) is 97.2 Å². The molecular formula is C32H26ClFN2O3. The number of aromatic nitrogens is 1. The Morgan fingerprint density at radius 2 is 1.72 bits per heavy atom. The second kappa shape index (κ2) is 10.8. The highest BCUT2D eigenvalue weighted by Gasteiger charge is 2.23. The molecule has 1 aromatic heterocycles. The van der Waals surface area contributed by atoms with Gasteiger partial charge in [-0.05, 0) is 64.7 Å². The summed E-state index contributed by atoms with van der Waals surface area (Å²) in [5, 5.41) is 4.75. The van der Waals surface area contributed by atoms with Crippen LogP contribution >= 0.6 is 11.6 Å². The zero-order valence-electron chi connectivity index (χ0n) is 21.1. The molecule has 6 rings (SSSR count). The van der Waals surface area contributed by atoms with E-state index in [1.54, 1.807) is 12.1 Å². The summed E-state index contributed by atoms with van der Waals surface area (Å²) in [6, 6.07) is 28.0. The van der Waals surface area contributed by atoms with Crippen molar-refractivity contribution in [3.05, 3.63) is 130 Å². The van der Waals surface area contributed by atoms with Gasteiger partial charge in [-0.3, -0.25) is 4.79 Å². The van der Waals surface area contributed by atoms with Crippen LogP contribution in [0.4, 0.5) is 4.39 Å². The number of ether oxygens (including phenoxy) is 2. The highest BCUT2D eigenvalue weighted by atomic mass is 35.5. The van der Waals surface area contributed by atoms with Crippen molar-refractivity contribution in [2.45, 2.75) is 25.4 Å². The number of fused-ring (bicyclic) bond motifs is 2. The molecule has 4 aromatic carbocycles. The van der Waals surface area contributed by atoms with Gasteiger partial charge in [0.25, 0.3) is 0 Å². The van der Waals surface area contributed by atoms with E-state index in [0.717, 1.165) is 33.2 Å². The summed E-state index contributed by atoms with van der Waals surface area (Å²) in [6.45, 7) is 1.17. The van der Waals surface area contributed by atoms with Crippen molar-refractivity contribution in [1.29, 1.82) is 0 Å². The average molecular weight is 541 g/mol. The van der Waals surface area contributed by atoms with Gasteiger partial charge in [0.2, 0.25) is 12.7 Å². The largest absolute Gasteiger partial charge is 0.454 e.